The number of aryl methyl sites for hydroxylation is 1. The van der Waals surface area contributed by atoms with Crippen LogP contribution in [0, 0.1) is 6.92 Å². The zero-order chi connectivity index (χ0) is 14.4. The average molecular weight is 286 g/mol. The van der Waals surface area contributed by atoms with E-state index < -0.39 is 0 Å². The second kappa shape index (κ2) is 4.80. The maximum Gasteiger partial charge on any atom is 0.257 e. The molecule has 6 heteroatoms. The molecule has 2 aliphatic rings. The SMILES string of the molecule is Cc1noc2ncc(C(=O)N3C4CCNCC3CC4)cc12. The Balaban J connectivity index is 1.70. The van der Waals surface area contributed by atoms with Gasteiger partial charge in [-0.2, -0.15) is 0 Å². The lowest BCUT2D eigenvalue weighted by Gasteiger charge is -2.27. The van der Waals surface area contributed by atoms with Crippen molar-refractivity contribution in [1.29, 1.82) is 0 Å². The van der Waals surface area contributed by atoms with Gasteiger partial charge in [0.25, 0.3) is 11.6 Å². The van der Waals surface area contributed by atoms with Gasteiger partial charge in [0.05, 0.1) is 16.6 Å². The van der Waals surface area contributed by atoms with Gasteiger partial charge in [0.2, 0.25) is 0 Å². The fourth-order valence-corrected chi connectivity index (χ4v) is 3.52. The summed E-state index contributed by atoms with van der Waals surface area (Å²) in [4.78, 5) is 19.2. The molecule has 2 aliphatic heterocycles. The van der Waals surface area contributed by atoms with Crippen LogP contribution in [0.25, 0.3) is 11.1 Å². The van der Waals surface area contributed by atoms with Gasteiger partial charge in [0.15, 0.2) is 0 Å². The molecule has 0 spiro atoms. The summed E-state index contributed by atoms with van der Waals surface area (Å²) in [6.07, 6.45) is 4.84. The number of amides is 1. The Kier molecular flexibility index (Phi) is 2.92. The lowest BCUT2D eigenvalue weighted by molar-refractivity contribution is 0.0680. The summed E-state index contributed by atoms with van der Waals surface area (Å²) in [5.74, 6) is 0.0844. The van der Waals surface area contributed by atoms with E-state index in [9.17, 15) is 4.79 Å². The normalized spacial score (nSPS) is 25.3. The molecule has 0 aliphatic carbocycles. The van der Waals surface area contributed by atoms with E-state index in [0.717, 1.165) is 43.4 Å². The number of nitrogens with zero attached hydrogens (tertiary/aromatic N) is 3. The molecule has 0 aromatic carbocycles. The third-order valence-corrected chi connectivity index (χ3v) is 4.65. The van der Waals surface area contributed by atoms with Gasteiger partial charge in [-0.25, -0.2) is 4.98 Å². The summed E-state index contributed by atoms with van der Waals surface area (Å²) < 4.78 is 5.11. The highest BCUT2D eigenvalue weighted by Gasteiger charge is 2.38. The summed E-state index contributed by atoms with van der Waals surface area (Å²) in [7, 11) is 0. The first-order chi connectivity index (χ1) is 10.2. The smallest absolute Gasteiger partial charge is 0.257 e. The van der Waals surface area contributed by atoms with E-state index >= 15 is 0 Å². The fraction of sp³-hybridized carbons (Fsp3) is 0.533. The lowest BCUT2D eigenvalue weighted by atomic mass is 10.1. The number of carbonyl (C=O) groups excluding carboxylic acids is 1. The van der Waals surface area contributed by atoms with E-state index in [2.05, 4.69) is 20.4 Å². The van der Waals surface area contributed by atoms with Crippen LogP contribution in [0.5, 0.6) is 0 Å². The highest BCUT2D eigenvalue weighted by molar-refractivity contribution is 5.97. The molecular weight excluding hydrogens is 268 g/mol. The molecule has 6 nitrogen and oxygen atoms in total. The zero-order valence-electron chi connectivity index (χ0n) is 12.0. The van der Waals surface area contributed by atoms with Gasteiger partial charge in [-0.05, 0) is 38.8 Å². The summed E-state index contributed by atoms with van der Waals surface area (Å²) in [6, 6.07) is 2.52. The van der Waals surface area contributed by atoms with Gasteiger partial charge in [0.1, 0.15) is 0 Å². The Morgan fingerprint density at radius 3 is 3.14 bits per heavy atom. The number of nitrogens with one attached hydrogen (secondary N) is 1. The zero-order valence-corrected chi connectivity index (χ0v) is 12.0. The molecule has 2 unspecified atom stereocenters. The monoisotopic (exact) mass is 286 g/mol. The molecule has 0 radical (unpaired) electrons. The molecule has 1 amide bonds. The second-order valence-corrected chi connectivity index (χ2v) is 5.93. The van der Waals surface area contributed by atoms with Gasteiger partial charge in [0, 0.05) is 24.8 Å². The standard InChI is InChI=1S/C15H18N4O2/c1-9-13-6-10(7-17-14(13)21-18-9)15(20)19-11-2-3-12(19)8-16-5-4-11/h6-7,11-12,16H,2-5,8H2,1H3. The van der Waals surface area contributed by atoms with E-state index in [1.165, 1.54) is 0 Å². The van der Waals surface area contributed by atoms with Crippen LogP contribution in [0.1, 0.15) is 35.3 Å². The molecule has 4 heterocycles. The summed E-state index contributed by atoms with van der Waals surface area (Å²) in [6.45, 7) is 3.75. The van der Waals surface area contributed by atoms with Gasteiger partial charge in [-0.15, -0.1) is 0 Å². The second-order valence-electron chi connectivity index (χ2n) is 5.93. The summed E-state index contributed by atoms with van der Waals surface area (Å²) in [5, 5.41) is 8.13. The maximum absolute atomic E-state index is 12.9. The quantitative estimate of drug-likeness (QED) is 0.860. The molecule has 0 saturated carbocycles. The first kappa shape index (κ1) is 12.8. The maximum atomic E-state index is 12.9. The lowest BCUT2D eigenvalue weighted by Crippen LogP contribution is -2.42. The number of rotatable bonds is 1. The molecule has 1 N–H and O–H groups in total. The first-order valence-corrected chi connectivity index (χ1v) is 7.49. The van der Waals surface area contributed by atoms with Crippen molar-refractivity contribution in [3.63, 3.8) is 0 Å². The average Bonchev–Trinajstić information content (AvgIpc) is 2.97. The summed E-state index contributed by atoms with van der Waals surface area (Å²) in [5.41, 5.74) is 1.89. The minimum atomic E-state index is 0.0844. The van der Waals surface area contributed by atoms with Crippen LogP contribution in [0.3, 0.4) is 0 Å². The Hall–Kier alpha value is -1.95. The molecule has 2 fully saturated rings. The number of hydrogen-bond donors (Lipinski definition) is 1. The van der Waals surface area contributed by atoms with Gasteiger partial charge in [-0.1, -0.05) is 5.16 Å². The molecule has 4 rings (SSSR count). The molecule has 2 bridgehead atoms. The molecule has 2 atom stereocenters. The van der Waals surface area contributed by atoms with Gasteiger partial charge >= 0.3 is 0 Å². The third kappa shape index (κ3) is 2.01. The minimum absolute atomic E-state index is 0.0844. The van der Waals surface area contributed by atoms with Crippen molar-refractivity contribution in [3.05, 3.63) is 23.5 Å². The largest absolute Gasteiger partial charge is 0.336 e. The molecular formula is C15H18N4O2. The Morgan fingerprint density at radius 2 is 2.24 bits per heavy atom. The molecule has 21 heavy (non-hydrogen) atoms. The molecule has 110 valence electrons. The number of fused-ring (bicyclic) bond motifs is 3. The van der Waals surface area contributed by atoms with Crippen LogP contribution in [0.15, 0.2) is 16.8 Å². The van der Waals surface area contributed by atoms with Crippen LogP contribution < -0.4 is 5.32 Å². The molecule has 2 saturated heterocycles. The van der Waals surface area contributed by atoms with E-state index in [4.69, 9.17) is 4.52 Å². The van der Waals surface area contributed by atoms with Crippen molar-refractivity contribution >= 4 is 17.0 Å². The van der Waals surface area contributed by atoms with Crippen molar-refractivity contribution in [2.45, 2.75) is 38.3 Å². The fourth-order valence-electron chi connectivity index (χ4n) is 3.52. The predicted octanol–water partition coefficient (Wildman–Crippen LogP) is 1.50. The molecule has 2 aromatic heterocycles. The van der Waals surface area contributed by atoms with Crippen molar-refractivity contribution in [2.75, 3.05) is 13.1 Å². The van der Waals surface area contributed by atoms with Gasteiger partial charge < -0.3 is 14.7 Å². The van der Waals surface area contributed by atoms with Crippen LogP contribution >= 0.6 is 0 Å². The predicted molar refractivity (Wildman–Crippen MR) is 77.0 cm³/mol. The Morgan fingerprint density at radius 1 is 1.38 bits per heavy atom. The van der Waals surface area contributed by atoms with Crippen molar-refractivity contribution in [1.82, 2.24) is 20.4 Å². The van der Waals surface area contributed by atoms with Crippen molar-refractivity contribution in [3.8, 4) is 0 Å². The van der Waals surface area contributed by atoms with E-state index in [1.54, 1.807) is 6.20 Å². The van der Waals surface area contributed by atoms with Crippen molar-refractivity contribution < 1.29 is 9.32 Å². The number of aromatic nitrogens is 2. The highest BCUT2D eigenvalue weighted by atomic mass is 16.5. The minimum Gasteiger partial charge on any atom is -0.336 e. The summed E-state index contributed by atoms with van der Waals surface area (Å²) >= 11 is 0. The topological polar surface area (TPSA) is 71.3 Å². The van der Waals surface area contributed by atoms with Crippen molar-refractivity contribution in [2.24, 2.45) is 0 Å². The molecule has 2 aromatic rings. The van der Waals surface area contributed by atoms with Crippen LogP contribution in [-0.2, 0) is 0 Å². The number of carbonyl (C=O) groups is 1. The Labute approximate surface area is 122 Å². The van der Waals surface area contributed by atoms with Crippen LogP contribution in [0.4, 0.5) is 0 Å². The van der Waals surface area contributed by atoms with E-state index in [-0.39, 0.29) is 5.91 Å². The van der Waals surface area contributed by atoms with Crippen LogP contribution in [0.2, 0.25) is 0 Å². The van der Waals surface area contributed by atoms with Gasteiger partial charge in [-0.3, -0.25) is 4.79 Å². The highest BCUT2D eigenvalue weighted by Crippen LogP contribution is 2.30. The van der Waals surface area contributed by atoms with E-state index in [0.29, 0.717) is 23.4 Å². The van der Waals surface area contributed by atoms with Crippen LogP contribution in [-0.4, -0.2) is 46.1 Å². The number of hydrogen-bond acceptors (Lipinski definition) is 5. The first-order valence-electron chi connectivity index (χ1n) is 7.49. The Bertz CT molecular complexity index is 682. The number of pyridine rings is 1. The van der Waals surface area contributed by atoms with E-state index in [1.807, 2.05) is 13.0 Å². The third-order valence-electron chi connectivity index (χ3n) is 4.65.